The predicted octanol–water partition coefficient (Wildman–Crippen LogP) is 4.39. The van der Waals surface area contributed by atoms with Gasteiger partial charge in [-0.2, -0.15) is 0 Å². The molecule has 0 aliphatic heterocycles. The molecule has 2 nitrogen and oxygen atoms in total. The molecular formula is C12H13BrN2S. The van der Waals surface area contributed by atoms with E-state index in [2.05, 4.69) is 50.7 Å². The zero-order valence-corrected chi connectivity index (χ0v) is 11.6. The van der Waals surface area contributed by atoms with Crippen molar-refractivity contribution < 1.29 is 0 Å². The number of thiophene rings is 1. The molecule has 2 aromatic heterocycles. The molecule has 2 rings (SSSR count). The summed E-state index contributed by atoms with van der Waals surface area (Å²) in [6.45, 7) is 4.13. The Morgan fingerprint density at radius 2 is 2.19 bits per heavy atom. The van der Waals surface area contributed by atoms with Crippen LogP contribution in [0.25, 0.3) is 0 Å². The van der Waals surface area contributed by atoms with E-state index < -0.39 is 0 Å². The van der Waals surface area contributed by atoms with E-state index in [0.29, 0.717) is 6.04 Å². The number of hydrogen-bond donors (Lipinski definition) is 1. The van der Waals surface area contributed by atoms with Gasteiger partial charge in [0.25, 0.3) is 0 Å². The van der Waals surface area contributed by atoms with Crippen molar-refractivity contribution in [3.63, 3.8) is 0 Å². The van der Waals surface area contributed by atoms with Crippen LogP contribution in [0.5, 0.6) is 0 Å². The van der Waals surface area contributed by atoms with E-state index in [0.717, 1.165) is 16.0 Å². The fourth-order valence-corrected chi connectivity index (χ4v) is 2.41. The van der Waals surface area contributed by atoms with E-state index in [-0.39, 0.29) is 0 Å². The molecule has 1 atom stereocenters. The molecule has 1 N–H and O–H groups in total. The fraction of sp³-hybridized carbons (Fsp3) is 0.250. The maximum absolute atomic E-state index is 4.47. The monoisotopic (exact) mass is 296 g/mol. The molecule has 0 aromatic carbocycles. The summed E-state index contributed by atoms with van der Waals surface area (Å²) in [5, 5.41) is 5.48. The van der Waals surface area contributed by atoms with Gasteiger partial charge in [-0.1, -0.05) is 6.07 Å². The molecule has 0 saturated carbocycles. The number of hydrogen-bond acceptors (Lipinski definition) is 3. The quantitative estimate of drug-likeness (QED) is 0.909. The van der Waals surface area contributed by atoms with Gasteiger partial charge in [-0.25, -0.2) is 4.98 Å². The molecule has 2 heterocycles. The van der Waals surface area contributed by atoms with Crippen LogP contribution < -0.4 is 5.32 Å². The van der Waals surface area contributed by atoms with E-state index in [4.69, 9.17) is 0 Å². The minimum Gasteiger partial charge on any atom is -0.363 e. The first-order valence-corrected chi connectivity index (χ1v) is 6.77. The van der Waals surface area contributed by atoms with Gasteiger partial charge in [0.1, 0.15) is 5.82 Å². The second kappa shape index (κ2) is 4.97. The van der Waals surface area contributed by atoms with Crippen molar-refractivity contribution in [1.82, 2.24) is 4.98 Å². The molecule has 0 spiro atoms. The normalized spacial score (nSPS) is 12.4. The Hall–Kier alpha value is -0.870. The third-order valence-corrected chi connectivity index (χ3v) is 4.25. The summed E-state index contributed by atoms with van der Waals surface area (Å²) in [5.41, 5.74) is 1.00. The summed E-state index contributed by atoms with van der Waals surface area (Å²) in [5.74, 6) is 0.918. The summed E-state index contributed by atoms with van der Waals surface area (Å²) in [7, 11) is 0. The van der Waals surface area contributed by atoms with Crippen LogP contribution in [-0.2, 0) is 0 Å². The molecule has 16 heavy (non-hydrogen) atoms. The summed E-state index contributed by atoms with van der Waals surface area (Å²) in [6.07, 6.45) is 0. The number of aryl methyl sites for hydroxylation is 1. The molecule has 0 saturated heterocycles. The zero-order valence-electron chi connectivity index (χ0n) is 9.20. The summed E-state index contributed by atoms with van der Waals surface area (Å²) >= 11 is 5.20. The zero-order chi connectivity index (χ0) is 11.5. The summed E-state index contributed by atoms with van der Waals surface area (Å²) in [4.78, 5) is 5.79. The molecule has 0 radical (unpaired) electrons. The highest BCUT2D eigenvalue weighted by Gasteiger charge is 2.07. The van der Waals surface area contributed by atoms with Gasteiger partial charge in [-0.3, -0.25) is 0 Å². The first kappa shape index (κ1) is 11.6. The minimum absolute atomic E-state index is 0.299. The number of pyridine rings is 1. The minimum atomic E-state index is 0.299. The van der Waals surface area contributed by atoms with Gasteiger partial charge in [-0.15, -0.1) is 11.3 Å². The van der Waals surface area contributed by atoms with E-state index >= 15 is 0 Å². The molecule has 0 aliphatic rings. The summed E-state index contributed by atoms with van der Waals surface area (Å²) in [6, 6.07) is 8.51. The molecule has 0 bridgehead atoms. The predicted molar refractivity (Wildman–Crippen MR) is 73.0 cm³/mol. The number of nitrogens with zero attached hydrogens (tertiary/aromatic N) is 1. The van der Waals surface area contributed by atoms with Gasteiger partial charge >= 0.3 is 0 Å². The average molecular weight is 297 g/mol. The molecular weight excluding hydrogens is 284 g/mol. The van der Waals surface area contributed by atoms with Crippen LogP contribution in [0.4, 0.5) is 5.82 Å². The van der Waals surface area contributed by atoms with Crippen molar-refractivity contribution in [2.24, 2.45) is 0 Å². The van der Waals surface area contributed by atoms with Gasteiger partial charge in [0.2, 0.25) is 0 Å². The van der Waals surface area contributed by atoms with Gasteiger partial charge in [0.15, 0.2) is 0 Å². The molecule has 0 aliphatic carbocycles. The van der Waals surface area contributed by atoms with Crippen LogP contribution in [0, 0.1) is 6.92 Å². The highest BCUT2D eigenvalue weighted by Crippen LogP contribution is 2.23. The van der Waals surface area contributed by atoms with Crippen LogP contribution in [0.15, 0.2) is 34.1 Å². The maximum Gasteiger partial charge on any atom is 0.126 e. The molecule has 0 amide bonds. The van der Waals surface area contributed by atoms with Crippen molar-refractivity contribution in [1.29, 1.82) is 0 Å². The number of halogens is 1. The maximum atomic E-state index is 4.47. The van der Waals surface area contributed by atoms with Crippen LogP contribution in [0.1, 0.15) is 23.5 Å². The van der Waals surface area contributed by atoms with Crippen molar-refractivity contribution in [2.45, 2.75) is 19.9 Å². The number of rotatable bonds is 3. The second-order valence-electron chi connectivity index (χ2n) is 3.65. The molecule has 84 valence electrons. The Kier molecular flexibility index (Phi) is 3.61. The van der Waals surface area contributed by atoms with E-state index in [9.17, 15) is 0 Å². The smallest absolute Gasteiger partial charge is 0.126 e. The largest absolute Gasteiger partial charge is 0.363 e. The van der Waals surface area contributed by atoms with E-state index in [1.807, 2.05) is 19.1 Å². The summed E-state index contributed by atoms with van der Waals surface area (Å²) < 4.78 is 1.04. The molecule has 4 heteroatoms. The Morgan fingerprint density at radius 1 is 1.38 bits per heavy atom. The Morgan fingerprint density at radius 3 is 2.81 bits per heavy atom. The van der Waals surface area contributed by atoms with Crippen molar-refractivity contribution in [3.05, 3.63) is 44.7 Å². The lowest BCUT2D eigenvalue weighted by Gasteiger charge is -2.13. The van der Waals surface area contributed by atoms with Crippen LogP contribution in [0.3, 0.4) is 0 Å². The highest BCUT2D eigenvalue weighted by atomic mass is 79.9. The second-order valence-corrected chi connectivity index (χ2v) is 5.48. The SMILES string of the molecule is Cc1nc(NC(C)c2cccs2)ccc1Br. The standard InChI is InChI=1S/C12H13BrN2S/c1-8-10(13)5-6-12(14-8)15-9(2)11-4-3-7-16-11/h3-7,9H,1-2H3,(H,14,15). The van der Waals surface area contributed by atoms with Crippen LogP contribution in [-0.4, -0.2) is 4.98 Å². The lowest BCUT2D eigenvalue weighted by molar-refractivity contribution is 0.893. The van der Waals surface area contributed by atoms with E-state index in [1.165, 1.54) is 4.88 Å². The van der Waals surface area contributed by atoms with Crippen LogP contribution >= 0.6 is 27.3 Å². The number of aromatic nitrogens is 1. The Balaban J connectivity index is 2.12. The van der Waals surface area contributed by atoms with Crippen LogP contribution in [0.2, 0.25) is 0 Å². The Labute approximate surface area is 108 Å². The molecule has 0 fully saturated rings. The van der Waals surface area contributed by atoms with Crippen molar-refractivity contribution in [3.8, 4) is 0 Å². The average Bonchev–Trinajstić information content (AvgIpc) is 2.77. The third-order valence-electron chi connectivity index (χ3n) is 2.36. The van der Waals surface area contributed by atoms with E-state index in [1.54, 1.807) is 11.3 Å². The Bertz CT molecular complexity index is 468. The first-order valence-electron chi connectivity index (χ1n) is 5.10. The van der Waals surface area contributed by atoms with Gasteiger partial charge in [-0.05, 0) is 53.4 Å². The van der Waals surface area contributed by atoms with Gasteiger partial charge in [0.05, 0.1) is 11.7 Å². The number of anilines is 1. The molecule has 2 aromatic rings. The topological polar surface area (TPSA) is 24.9 Å². The first-order chi connectivity index (χ1) is 7.66. The van der Waals surface area contributed by atoms with Crippen molar-refractivity contribution >= 4 is 33.1 Å². The van der Waals surface area contributed by atoms with Gasteiger partial charge in [0, 0.05) is 9.35 Å². The molecule has 1 unspecified atom stereocenters. The third kappa shape index (κ3) is 2.62. The van der Waals surface area contributed by atoms with Gasteiger partial charge < -0.3 is 5.32 Å². The lowest BCUT2D eigenvalue weighted by atomic mass is 10.2. The highest BCUT2D eigenvalue weighted by molar-refractivity contribution is 9.10. The fourth-order valence-electron chi connectivity index (χ4n) is 1.46. The van der Waals surface area contributed by atoms with Crippen molar-refractivity contribution in [2.75, 3.05) is 5.32 Å². The number of nitrogens with one attached hydrogen (secondary N) is 1. The lowest BCUT2D eigenvalue weighted by Crippen LogP contribution is -2.06.